The van der Waals surface area contributed by atoms with Crippen molar-refractivity contribution in [3.05, 3.63) is 37.6 Å². The molecule has 2 heterocycles. The van der Waals surface area contributed by atoms with Crippen LogP contribution in [0, 0.1) is 17.0 Å². The molecule has 0 aliphatic rings. The summed E-state index contributed by atoms with van der Waals surface area (Å²) < 4.78 is 0.740. The first-order valence-electron chi connectivity index (χ1n) is 4.26. The minimum atomic E-state index is -0.567. The summed E-state index contributed by atoms with van der Waals surface area (Å²) in [4.78, 5) is 18.2. The molecular weight excluding hydrogens is 297 g/mol. The maximum atomic E-state index is 10.7. The summed E-state index contributed by atoms with van der Waals surface area (Å²) in [6.07, 6.45) is 1.12. The largest absolute Gasteiger partial charge is 0.306 e. The summed E-state index contributed by atoms with van der Waals surface area (Å²) in [5.41, 5.74) is 0.938. The van der Waals surface area contributed by atoms with Gasteiger partial charge in [-0.25, -0.2) is 9.97 Å². The van der Waals surface area contributed by atoms with Crippen LogP contribution in [0.3, 0.4) is 0 Å². The minimum Gasteiger partial charge on any atom is -0.258 e. The second-order valence-electron chi connectivity index (χ2n) is 3.14. The fourth-order valence-electron chi connectivity index (χ4n) is 1.27. The van der Waals surface area contributed by atoms with Crippen molar-refractivity contribution in [1.29, 1.82) is 0 Å². The molecular formula is C9H5BrClN3O2. The van der Waals surface area contributed by atoms with Gasteiger partial charge in [0, 0.05) is 9.86 Å². The summed E-state index contributed by atoms with van der Waals surface area (Å²) in [5.74, 6) is 0. The van der Waals surface area contributed by atoms with Crippen LogP contribution >= 0.6 is 27.5 Å². The lowest BCUT2D eigenvalue weighted by Crippen LogP contribution is -1.94. The van der Waals surface area contributed by atoms with Gasteiger partial charge >= 0.3 is 5.69 Å². The number of hydrogen-bond donors (Lipinski definition) is 0. The van der Waals surface area contributed by atoms with Crippen LogP contribution in [0.2, 0.25) is 5.02 Å². The van der Waals surface area contributed by atoms with E-state index in [9.17, 15) is 10.1 Å². The molecule has 0 unspecified atom stereocenters. The summed E-state index contributed by atoms with van der Waals surface area (Å²) in [6.45, 7) is 1.81. The lowest BCUT2D eigenvalue weighted by molar-refractivity contribution is -0.384. The Morgan fingerprint density at radius 3 is 2.88 bits per heavy atom. The van der Waals surface area contributed by atoms with Gasteiger partial charge in [0.25, 0.3) is 0 Å². The number of fused-ring (bicyclic) bond motifs is 1. The Kier molecular flexibility index (Phi) is 2.77. The molecule has 2 rings (SSSR count). The Bertz CT molecular complexity index is 603. The highest BCUT2D eigenvalue weighted by Gasteiger charge is 2.17. The SMILES string of the molecule is Cc1nc2ncc([N+](=O)[O-])c(Cl)c2cc1Br. The van der Waals surface area contributed by atoms with Crippen molar-refractivity contribution < 1.29 is 4.92 Å². The lowest BCUT2D eigenvalue weighted by Gasteiger charge is -2.03. The van der Waals surface area contributed by atoms with E-state index in [-0.39, 0.29) is 10.7 Å². The first-order chi connectivity index (χ1) is 7.50. The normalized spacial score (nSPS) is 10.7. The predicted molar refractivity (Wildman–Crippen MR) is 63.6 cm³/mol. The van der Waals surface area contributed by atoms with E-state index < -0.39 is 4.92 Å². The van der Waals surface area contributed by atoms with Gasteiger partial charge in [0.05, 0.1) is 10.6 Å². The molecule has 0 aliphatic heterocycles. The Morgan fingerprint density at radius 1 is 1.56 bits per heavy atom. The van der Waals surface area contributed by atoms with Crippen molar-refractivity contribution in [3.63, 3.8) is 0 Å². The molecule has 0 N–H and O–H groups in total. The first kappa shape index (κ1) is 11.2. The third-order valence-corrected chi connectivity index (χ3v) is 3.30. The van der Waals surface area contributed by atoms with Gasteiger partial charge in [0.2, 0.25) is 0 Å². The molecule has 16 heavy (non-hydrogen) atoms. The number of pyridine rings is 2. The van der Waals surface area contributed by atoms with E-state index in [0.717, 1.165) is 16.4 Å². The average Bonchev–Trinajstić information content (AvgIpc) is 2.21. The topological polar surface area (TPSA) is 68.9 Å². The smallest absolute Gasteiger partial charge is 0.258 e. The van der Waals surface area contributed by atoms with Crippen molar-refractivity contribution in [2.75, 3.05) is 0 Å². The molecule has 0 bridgehead atoms. The molecule has 0 spiro atoms. The maximum Gasteiger partial charge on any atom is 0.306 e. The number of halogens is 2. The van der Waals surface area contributed by atoms with Crippen molar-refractivity contribution in [1.82, 2.24) is 9.97 Å². The third-order valence-electron chi connectivity index (χ3n) is 2.10. The second-order valence-corrected chi connectivity index (χ2v) is 4.37. The highest BCUT2D eigenvalue weighted by atomic mass is 79.9. The van der Waals surface area contributed by atoms with E-state index in [4.69, 9.17) is 11.6 Å². The van der Waals surface area contributed by atoms with Crippen LogP contribution in [0.4, 0.5) is 5.69 Å². The number of nitrogens with zero attached hydrogens (tertiary/aromatic N) is 3. The zero-order chi connectivity index (χ0) is 11.9. The molecule has 0 aromatic carbocycles. The van der Waals surface area contributed by atoms with Crippen molar-refractivity contribution in [2.45, 2.75) is 6.92 Å². The molecule has 82 valence electrons. The summed E-state index contributed by atoms with van der Waals surface area (Å²) in [5, 5.41) is 11.2. The van der Waals surface area contributed by atoms with Gasteiger partial charge in [0.15, 0.2) is 5.65 Å². The molecule has 0 radical (unpaired) electrons. The highest BCUT2D eigenvalue weighted by molar-refractivity contribution is 9.10. The predicted octanol–water partition coefficient (Wildman–Crippen LogP) is 3.26. The Morgan fingerprint density at radius 2 is 2.25 bits per heavy atom. The van der Waals surface area contributed by atoms with Crippen LogP contribution in [0.5, 0.6) is 0 Å². The van der Waals surface area contributed by atoms with Gasteiger partial charge in [0.1, 0.15) is 11.2 Å². The summed E-state index contributed by atoms with van der Waals surface area (Å²) in [6, 6.07) is 1.68. The Balaban J connectivity index is 2.84. The standard InChI is InChI=1S/C9H5BrClN3O2/c1-4-6(10)2-5-8(11)7(14(15)16)3-12-9(5)13-4/h2-3H,1H3. The Hall–Kier alpha value is -1.27. The zero-order valence-electron chi connectivity index (χ0n) is 8.07. The monoisotopic (exact) mass is 301 g/mol. The third kappa shape index (κ3) is 1.74. The molecule has 0 aliphatic carbocycles. The molecule has 2 aromatic heterocycles. The summed E-state index contributed by atoms with van der Waals surface area (Å²) >= 11 is 9.21. The number of aromatic nitrogens is 2. The van der Waals surface area contributed by atoms with E-state index in [1.54, 1.807) is 13.0 Å². The first-order valence-corrected chi connectivity index (χ1v) is 5.43. The van der Waals surface area contributed by atoms with Crippen LogP contribution < -0.4 is 0 Å². The molecule has 0 saturated carbocycles. The van der Waals surface area contributed by atoms with Gasteiger partial charge in [-0.15, -0.1) is 0 Å². The van der Waals surface area contributed by atoms with E-state index in [1.807, 2.05) is 0 Å². The average molecular weight is 303 g/mol. The van der Waals surface area contributed by atoms with Crippen LogP contribution in [0.1, 0.15) is 5.69 Å². The number of nitro groups is 1. The van der Waals surface area contributed by atoms with Crippen molar-refractivity contribution >= 4 is 44.3 Å². The van der Waals surface area contributed by atoms with Crippen LogP contribution in [0.25, 0.3) is 11.0 Å². The van der Waals surface area contributed by atoms with Crippen molar-refractivity contribution in [2.24, 2.45) is 0 Å². The van der Waals surface area contributed by atoms with E-state index in [1.165, 1.54) is 0 Å². The van der Waals surface area contributed by atoms with Crippen molar-refractivity contribution in [3.8, 4) is 0 Å². The fraction of sp³-hybridized carbons (Fsp3) is 0.111. The molecule has 0 atom stereocenters. The van der Waals surface area contributed by atoms with E-state index in [0.29, 0.717) is 11.0 Å². The second kappa shape index (κ2) is 3.95. The van der Waals surface area contributed by atoms with E-state index >= 15 is 0 Å². The zero-order valence-corrected chi connectivity index (χ0v) is 10.4. The van der Waals surface area contributed by atoms with Gasteiger partial charge in [-0.05, 0) is 28.9 Å². The quantitative estimate of drug-likeness (QED) is 0.599. The number of aryl methyl sites for hydroxylation is 1. The minimum absolute atomic E-state index is 0.0585. The highest BCUT2D eigenvalue weighted by Crippen LogP contribution is 2.32. The molecule has 0 saturated heterocycles. The van der Waals surface area contributed by atoms with Crippen LogP contribution in [-0.2, 0) is 0 Å². The Labute approximate surface area is 104 Å². The fourth-order valence-corrected chi connectivity index (χ4v) is 1.85. The number of hydrogen-bond acceptors (Lipinski definition) is 4. The summed E-state index contributed by atoms with van der Waals surface area (Å²) in [7, 11) is 0. The van der Waals surface area contributed by atoms with Gasteiger partial charge in [-0.1, -0.05) is 11.6 Å². The maximum absolute atomic E-state index is 10.7. The molecule has 2 aromatic rings. The number of rotatable bonds is 1. The van der Waals surface area contributed by atoms with Crippen LogP contribution in [0.15, 0.2) is 16.7 Å². The molecule has 0 amide bonds. The molecule has 7 heteroatoms. The van der Waals surface area contributed by atoms with Crippen LogP contribution in [-0.4, -0.2) is 14.9 Å². The molecule has 0 fully saturated rings. The van der Waals surface area contributed by atoms with Gasteiger partial charge < -0.3 is 0 Å². The van der Waals surface area contributed by atoms with E-state index in [2.05, 4.69) is 25.9 Å². The van der Waals surface area contributed by atoms with Gasteiger partial charge in [-0.3, -0.25) is 10.1 Å². The molecule has 5 nitrogen and oxygen atoms in total. The lowest BCUT2D eigenvalue weighted by atomic mass is 10.2. The van der Waals surface area contributed by atoms with Gasteiger partial charge in [-0.2, -0.15) is 0 Å².